The van der Waals surface area contributed by atoms with Gasteiger partial charge in [0.05, 0.1) is 24.3 Å². The van der Waals surface area contributed by atoms with Crippen molar-refractivity contribution in [3.63, 3.8) is 0 Å². The second-order valence-corrected chi connectivity index (χ2v) is 9.82. The smallest absolute Gasteiger partial charge is 0.302 e. The third kappa shape index (κ3) is 5.60. The van der Waals surface area contributed by atoms with Crippen molar-refractivity contribution in [2.24, 2.45) is 11.3 Å². The van der Waals surface area contributed by atoms with E-state index in [1.54, 1.807) is 0 Å². The summed E-state index contributed by atoms with van der Waals surface area (Å²) in [4.78, 5) is 11.3. The Kier molecular flexibility index (Phi) is 8.36. The topological polar surface area (TPSA) is 92.3 Å². The molecule has 0 heterocycles. The standard InChI is InChI=1S/C25H38N2O4/c1-19(28)29-21-15-13-20(14-16-21)25(17-26,18-27)24(2,30-22-9-5-3-6-10-22)31-23-11-7-4-8-12-23/h20-23H,3-16H2,1-2H3. The zero-order chi connectivity index (χ0) is 22.3. The van der Waals surface area contributed by atoms with Crippen LogP contribution in [0.25, 0.3) is 0 Å². The molecule has 3 aliphatic rings. The fourth-order valence-electron chi connectivity index (χ4n) is 5.85. The summed E-state index contributed by atoms with van der Waals surface area (Å²) >= 11 is 0. The quantitative estimate of drug-likeness (QED) is 0.388. The molecule has 3 aliphatic carbocycles. The highest BCUT2D eigenvalue weighted by molar-refractivity contribution is 5.66. The molecule has 0 aromatic heterocycles. The Morgan fingerprint density at radius 3 is 1.58 bits per heavy atom. The summed E-state index contributed by atoms with van der Waals surface area (Å²) in [5.41, 5.74) is -1.39. The van der Waals surface area contributed by atoms with Gasteiger partial charge in [-0.25, -0.2) is 0 Å². The molecule has 0 bridgehead atoms. The molecule has 3 saturated carbocycles. The van der Waals surface area contributed by atoms with Crippen LogP contribution >= 0.6 is 0 Å². The van der Waals surface area contributed by atoms with Gasteiger partial charge in [-0.05, 0) is 64.2 Å². The van der Waals surface area contributed by atoms with Crippen LogP contribution in [0.2, 0.25) is 0 Å². The van der Waals surface area contributed by atoms with Crippen LogP contribution in [-0.2, 0) is 19.0 Å². The number of rotatable bonds is 7. The van der Waals surface area contributed by atoms with Gasteiger partial charge >= 0.3 is 5.97 Å². The van der Waals surface area contributed by atoms with Crippen LogP contribution in [-0.4, -0.2) is 30.1 Å². The normalized spacial score (nSPS) is 26.6. The third-order valence-electron chi connectivity index (χ3n) is 7.58. The molecule has 0 atom stereocenters. The minimum atomic E-state index is -1.39. The van der Waals surface area contributed by atoms with Crippen molar-refractivity contribution >= 4 is 5.97 Å². The van der Waals surface area contributed by atoms with Crippen molar-refractivity contribution in [2.75, 3.05) is 0 Å². The van der Waals surface area contributed by atoms with Gasteiger partial charge in [-0.2, -0.15) is 10.5 Å². The SMILES string of the molecule is CC(=O)OC1CCC(C(C#N)(C#N)C(C)(OC2CCCCC2)OC2CCCCC2)CC1. The maximum atomic E-state index is 11.3. The van der Waals surface area contributed by atoms with Crippen LogP contribution < -0.4 is 0 Å². The lowest BCUT2D eigenvalue weighted by Gasteiger charge is -2.48. The molecule has 0 radical (unpaired) electrons. The first kappa shape index (κ1) is 24.0. The van der Waals surface area contributed by atoms with Crippen LogP contribution in [0.1, 0.15) is 104 Å². The molecule has 0 aromatic rings. The number of hydrogen-bond donors (Lipinski definition) is 0. The third-order valence-corrected chi connectivity index (χ3v) is 7.58. The van der Waals surface area contributed by atoms with E-state index in [2.05, 4.69) is 12.1 Å². The summed E-state index contributed by atoms with van der Waals surface area (Å²) in [6.07, 6.45) is 13.3. The molecule has 0 aliphatic heterocycles. The molecular weight excluding hydrogens is 392 g/mol. The highest BCUT2D eigenvalue weighted by Gasteiger charge is 2.59. The molecule has 3 fully saturated rings. The first-order valence-electron chi connectivity index (χ1n) is 12.3. The van der Waals surface area contributed by atoms with E-state index in [-0.39, 0.29) is 30.2 Å². The minimum Gasteiger partial charge on any atom is -0.463 e. The van der Waals surface area contributed by atoms with Crippen molar-refractivity contribution in [3.8, 4) is 12.1 Å². The van der Waals surface area contributed by atoms with Gasteiger partial charge in [0.25, 0.3) is 0 Å². The van der Waals surface area contributed by atoms with E-state index in [1.807, 2.05) is 6.92 Å². The Balaban J connectivity index is 1.84. The molecule has 0 N–H and O–H groups in total. The number of hydrogen-bond acceptors (Lipinski definition) is 6. The largest absolute Gasteiger partial charge is 0.463 e. The van der Waals surface area contributed by atoms with E-state index >= 15 is 0 Å². The van der Waals surface area contributed by atoms with E-state index in [0.717, 1.165) is 51.4 Å². The van der Waals surface area contributed by atoms with Crippen molar-refractivity contribution in [1.82, 2.24) is 0 Å². The highest BCUT2D eigenvalue weighted by Crippen LogP contribution is 2.50. The maximum Gasteiger partial charge on any atom is 0.302 e. The summed E-state index contributed by atoms with van der Waals surface area (Å²) < 4.78 is 18.6. The molecule has 0 spiro atoms. The van der Waals surface area contributed by atoms with E-state index in [0.29, 0.717) is 25.7 Å². The molecule has 0 saturated heterocycles. The summed E-state index contributed by atoms with van der Waals surface area (Å²) in [6.45, 7) is 3.27. The van der Waals surface area contributed by atoms with Gasteiger partial charge in [0.1, 0.15) is 6.10 Å². The highest BCUT2D eigenvalue weighted by atomic mass is 16.7. The van der Waals surface area contributed by atoms with Crippen LogP contribution in [0, 0.1) is 34.0 Å². The van der Waals surface area contributed by atoms with Crippen molar-refractivity contribution in [1.29, 1.82) is 10.5 Å². The van der Waals surface area contributed by atoms with E-state index < -0.39 is 11.2 Å². The van der Waals surface area contributed by atoms with Crippen LogP contribution in [0.3, 0.4) is 0 Å². The van der Waals surface area contributed by atoms with Gasteiger partial charge < -0.3 is 14.2 Å². The second kappa shape index (κ2) is 10.8. The molecule has 6 nitrogen and oxygen atoms in total. The van der Waals surface area contributed by atoms with E-state index in [1.165, 1.54) is 19.8 Å². The predicted molar refractivity (Wildman–Crippen MR) is 115 cm³/mol. The van der Waals surface area contributed by atoms with Crippen LogP contribution in [0.4, 0.5) is 0 Å². The van der Waals surface area contributed by atoms with Gasteiger partial charge in [0.15, 0.2) is 11.2 Å². The Labute approximate surface area is 187 Å². The zero-order valence-electron chi connectivity index (χ0n) is 19.2. The predicted octanol–water partition coefficient (Wildman–Crippen LogP) is 5.56. The van der Waals surface area contributed by atoms with Gasteiger partial charge in [-0.1, -0.05) is 38.5 Å². The summed E-state index contributed by atoms with van der Waals surface area (Å²) in [6, 6.07) is 4.78. The first-order chi connectivity index (χ1) is 14.9. The number of carbonyl (C=O) groups excluding carboxylic acids is 1. The zero-order valence-corrected chi connectivity index (χ0v) is 19.2. The average Bonchev–Trinajstić information content (AvgIpc) is 2.77. The Morgan fingerprint density at radius 1 is 0.742 bits per heavy atom. The van der Waals surface area contributed by atoms with Crippen molar-refractivity contribution < 1.29 is 19.0 Å². The molecule has 0 aromatic carbocycles. The first-order valence-corrected chi connectivity index (χ1v) is 12.3. The lowest BCUT2D eigenvalue weighted by atomic mass is 9.65. The average molecular weight is 431 g/mol. The van der Waals surface area contributed by atoms with Crippen molar-refractivity contribution in [3.05, 3.63) is 0 Å². The molecular formula is C25H38N2O4. The van der Waals surface area contributed by atoms with Crippen LogP contribution in [0.15, 0.2) is 0 Å². The molecule has 172 valence electrons. The molecule has 31 heavy (non-hydrogen) atoms. The van der Waals surface area contributed by atoms with Gasteiger partial charge in [0.2, 0.25) is 0 Å². The minimum absolute atomic E-state index is 0.0285. The number of nitriles is 2. The number of ether oxygens (including phenoxy) is 3. The fourth-order valence-corrected chi connectivity index (χ4v) is 5.85. The van der Waals surface area contributed by atoms with Gasteiger partial charge in [0, 0.05) is 6.92 Å². The number of carbonyl (C=O) groups is 1. The molecule has 6 heteroatoms. The number of nitrogens with zero attached hydrogens (tertiary/aromatic N) is 2. The summed E-state index contributed by atoms with van der Waals surface area (Å²) in [5.74, 6) is -1.72. The summed E-state index contributed by atoms with van der Waals surface area (Å²) in [5, 5.41) is 20.8. The van der Waals surface area contributed by atoms with Gasteiger partial charge in [-0.3, -0.25) is 4.79 Å². The molecule has 3 rings (SSSR count). The lowest BCUT2D eigenvalue weighted by Crippen LogP contribution is -2.57. The van der Waals surface area contributed by atoms with E-state index in [4.69, 9.17) is 14.2 Å². The number of esters is 1. The van der Waals surface area contributed by atoms with Crippen molar-refractivity contribution in [2.45, 2.75) is 128 Å². The molecule has 0 amide bonds. The van der Waals surface area contributed by atoms with Gasteiger partial charge in [-0.15, -0.1) is 0 Å². The Hall–Kier alpha value is -1.63. The molecule has 0 unspecified atom stereocenters. The maximum absolute atomic E-state index is 11.3. The lowest BCUT2D eigenvalue weighted by molar-refractivity contribution is -0.315. The van der Waals surface area contributed by atoms with Crippen LogP contribution in [0.5, 0.6) is 0 Å². The second-order valence-electron chi connectivity index (χ2n) is 9.82. The Bertz CT molecular complexity index is 641. The van der Waals surface area contributed by atoms with E-state index in [9.17, 15) is 15.3 Å². The summed E-state index contributed by atoms with van der Waals surface area (Å²) in [7, 11) is 0. The monoisotopic (exact) mass is 430 g/mol. The fraction of sp³-hybridized carbons (Fsp3) is 0.880. The Morgan fingerprint density at radius 2 is 1.19 bits per heavy atom.